The Morgan fingerprint density at radius 1 is 1.17 bits per heavy atom. The van der Waals surface area contributed by atoms with Crippen LogP contribution in [-0.2, 0) is 9.53 Å². The van der Waals surface area contributed by atoms with Crippen LogP contribution >= 0.6 is 0 Å². The highest BCUT2D eigenvalue weighted by Crippen LogP contribution is 2.11. The monoisotopic (exact) mass is 327 g/mol. The second-order valence-corrected chi connectivity index (χ2v) is 4.60. The highest BCUT2D eigenvalue weighted by atomic mass is 16.6. The molecule has 2 rings (SSSR count). The van der Waals surface area contributed by atoms with Crippen molar-refractivity contribution in [3.05, 3.63) is 59.9 Å². The molecule has 0 unspecified atom stereocenters. The van der Waals surface area contributed by atoms with Crippen molar-refractivity contribution >= 4 is 18.1 Å². The molecule has 1 amide bonds. The number of hydrazone groups is 1. The predicted molar refractivity (Wildman–Crippen MR) is 87.9 cm³/mol. The van der Waals surface area contributed by atoms with Gasteiger partial charge in [-0.05, 0) is 48.9 Å². The summed E-state index contributed by atoms with van der Waals surface area (Å²) < 4.78 is 10.1. The van der Waals surface area contributed by atoms with Gasteiger partial charge in [0.25, 0.3) is 5.91 Å². The van der Waals surface area contributed by atoms with Crippen molar-refractivity contribution in [2.45, 2.75) is 6.92 Å². The number of hydrogen-bond donors (Lipinski definition) is 1. The van der Waals surface area contributed by atoms with Crippen LogP contribution in [0.5, 0.6) is 5.75 Å². The molecule has 7 nitrogen and oxygen atoms in total. The Balaban J connectivity index is 1.83. The zero-order chi connectivity index (χ0) is 17.2. The lowest BCUT2D eigenvalue weighted by Gasteiger charge is -2.05. The third-order valence-electron chi connectivity index (χ3n) is 2.86. The van der Waals surface area contributed by atoms with E-state index in [1.54, 1.807) is 43.3 Å². The van der Waals surface area contributed by atoms with Crippen LogP contribution in [0, 0.1) is 0 Å². The van der Waals surface area contributed by atoms with Crippen LogP contribution in [0.4, 0.5) is 0 Å². The summed E-state index contributed by atoms with van der Waals surface area (Å²) in [5.74, 6) is -0.189. The lowest BCUT2D eigenvalue weighted by atomic mass is 10.2. The predicted octanol–water partition coefficient (Wildman–Crippen LogP) is 1.79. The highest BCUT2D eigenvalue weighted by Gasteiger charge is 2.03. The Kier molecular flexibility index (Phi) is 6.46. The molecule has 0 bridgehead atoms. The Morgan fingerprint density at radius 3 is 2.54 bits per heavy atom. The Bertz CT molecular complexity index is 700. The van der Waals surface area contributed by atoms with Gasteiger partial charge in [0.2, 0.25) is 0 Å². The van der Waals surface area contributed by atoms with Crippen molar-refractivity contribution in [1.29, 1.82) is 0 Å². The number of amides is 1. The standard InChI is InChI=1S/C17H17N3O4/c1-2-23-16(21)12-24-15-5-3-13(4-6-15)11-19-20-17(22)14-7-9-18-10-8-14/h3-11H,2,12H2,1H3,(H,20,22)/b19-11-. The maximum absolute atomic E-state index is 11.8. The first-order valence-electron chi connectivity index (χ1n) is 7.31. The van der Waals surface area contributed by atoms with Crippen molar-refractivity contribution in [3.63, 3.8) is 0 Å². The number of nitrogens with one attached hydrogen (secondary N) is 1. The molecule has 0 saturated carbocycles. The maximum Gasteiger partial charge on any atom is 0.344 e. The summed E-state index contributed by atoms with van der Waals surface area (Å²) in [6.45, 7) is 1.92. The molecule has 0 aliphatic heterocycles. The third-order valence-corrected chi connectivity index (χ3v) is 2.86. The van der Waals surface area contributed by atoms with E-state index in [4.69, 9.17) is 9.47 Å². The summed E-state index contributed by atoms with van der Waals surface area (Å²) in [7, 11) is 0. The van der Waals surface area contributed by atoms with Crippen LogP contribution in [-0.4, -0.2) is 36.3 Å². The summed E-state index contributed by atoms with van der Waals surface area (Å²) in [6, 6.07) is 10.1. The quantitative estimate of drug-likeness (QED) is 0.476. The number of carbonyl (C=O) groups is 2. The minimum Gasteiger partial charge on any atom is -0.482 e. The number of benzene rings is 1. The van der Waals surface area contributed by atoms with E-state index in [9.17, 15) is 9.59 Å². The molecule has 0 radical (unpaired) electrons. The lowest BCUT2D eigenvalue weighted by molar-refractivity contribution is -0.145. The number of rotatable bonds is 7. The summed E-state index contributed by atoms with van der Waals surface area (Å²) in [5.41, 5.74) is 3.67. The molecule has 124 valence electrons. The molecular formula is C17H17N3O4. The molecule has 24 heavy (non-hydrogen) atoms. The van der Waals surface area contributed by atoms with E-state index in [-0.39, 0.29) is 12.5 Å². The number of nitrogens with zero attached hydrogens (tertiary/aromatic N) is 2. The van der Waals surface area contributed by atoms with Crippen molar-refractivity contribution in [2.75, 3.05) is 13.2 Å². The average Bonchev–Trinajstić information content (AvgIpc) is 2.62. The Morgan fingerprint density at radius 2 is 1.88 bits per heavy atom. The number of carbonyl (C=O) groups excluding carboxylic acids is 2. The molecule has 7 heteroatoms. The number of hydrogen-bond acceptors (Lipinski definition) is 6. The number of esters is 1. The van der Waals surface area contributed by atoms with Gasteiger partial charge in [0.05, 0.1) is 12.8 Å². The van der Waals surface area contributed by atoms with E-state index < -0.39 is 5.97 Å². The molecule has 0 aliphatic carbocycles. The normalized spacial score (nSPS) is 10.4. The van der Waals surface area contributed by atoms with E-state index >= 15 is 0 Å². The Labute approximate surface area is 139 Å². The first-order chi connectivity index (χ1) is 11.7. The number of pyridine rings is 1. The average molecular weight is 327 g/mol. The van der Waals surface area contributed by atoms with Crippen LogP contribution in [0.2, 0.25) is 0 Å². The van der Waals surface area contributed by atoms with Gasteiger partial charge in [-0.1, -0.05) is 0 Å². The first kappa shape index (κ1) is 17.1. The van der Waals surface area contributed by atoms with Crippen LogP contribution in [0.15, 0.2) is 53.9 Å². The van der Waals surface area contributed by atoms with E-state index in [2.05, 4.69) is 15.5 Å². The first-order valence-corrected chi connectivity index (χ1v) is 7.31. The second-order valence-electron chi connectivity index (χ2n) is 4.60. The van der Waals surface area contributed by atoms with Crippen LogP contribution in [0.25, 0.3) is 0 Å². The Hall–Kier alpha value is -3.22. The molecular weight excluding hydrogens is 310 g/mol. The van der Waals surface area contributed by atoms with Gasteiger partial charge in [0, 0.05) is 18.0 Å². The van der Waals surface area contributed by atoms with Gasteiger partial charge < -0.3 is 9.47 Å². The molecule has 1 aromatic heterocycles. The maximum atomic E-state index is 11.8. The molecule has 1 aromatic carbocycles. The summed E-state index contributed by atoms with van der Waals surface area (Å²) in [5, 5.41) is 3.89. The fraction of sp³-hybridized carbons (Fsp3) is 0.176. The fourth-order valence-corrected chi connectivity index (χ4v) is 1.73. The minimum atomic E-state index is -0.415. The van der Waals surface area contributed by atoms with Crippen LogP contribution in [0.3, 0.4) is 0 Å². The summed E-state index contributed by atoms with van der Waals surface area (Å²) in [6.07, 6.45) is 4.58. The van der Waals surface area contributed by atoms with E-state index in [0.717, 1.165) is 5.56 Å². The van der Waals surface area contributed by atoms with Crippen LogP contribution in [0.1, 0.15) is 22.8 Å². The lowest BCUT2D eigenvalue weighted by Crippen LogP contribution is -2.17. The van der Waals surface area contributed by atoms with Crippen molar-refractivity contribution in [1.82, 2.24) is 10.4 Å². The number of aromatic nitrogens is 1. The fourth-order valence-electron chi connectivity index (χ4n) is 1.73. The molecule has 0 atom stereocenters. The van der Waals surface area contributed by atoms with Crippen molar-refractivity contribution in [2.24, 2.45) is 5.10 Å². The van der Waals surface area contributed by atoms with Gasteiger partial charge in [0.1, 0.15) is 5.75 Å². The zero-order valence-corrected chi connectivity index (χ0v) is 13.1. The molecule has 1 heterocycles. The second kappa shape index (κ2) is 9.04. The summed E-state index contributed by atoms with van der Waals surface area (Å²) >= 11 is 0. The molecule has 2 aromatic rings. The highest BCUT2D eigenvalue weighted by molar-refractivity contribution is 5.94. The van der Waals surface area contributed by atoms with E-state index in [1.807, 2.05) is 0 Å². The molecule has 1 N–H and O–H groups in total. The van der Waals surface area contributed by atoms with Crippen LogP contribution < -0.4 is 10.2 Å². The molecule has 0 spiro atoms. The topological polar surface area (TPSA) is 89.9 Å². The van der Waals surface area contributed by atoms with Gasteiger partial charge in [-0.25, -0.2) is 10.2 Å². The van der Waals surface area contributed by atoms with Crippen molar-refractivity contribution in [3.8, 4) is 5.75 Å². The van der Waals surface area contributed by atoms with Gasteiger partial charge >= 0.3 is 5.97 Å². The van der Waals surface area contributed by atoms with Gasteiger partial charge in [-0.3, -0.25) is 9.78 Å². The largest absolute Gasteiger partial charge is 0.482 e. The SMILES string of the molecule is CCOC(=O)COc1ccc(/C=N\NC(=O)c2ccncc2)cc1. The number of ether oxygens (including phenoxy) is 2. The minimum absolute atomic E-state index is 0.136. The van der Waals surface area contributed by atoms with Crippen molar-refractivity contribution < 1.29 is 19.1 Å². The van der Waals surface area contributed by atoms with Gasteiger partial charge in [0.15, 0.2) is 6.61 Å². The molecule has 0 fully saturated rings. The van der Waals surface area contributed by atoms with E-state index in [1.165, 1.54) is 18.6 Å². The third kappa shape index (κ3) is 5.53. The smallest absolute Gasteiger partial charge is 0.344 e. The molecule has 0 aliphatic rings. The van der Waals surface area contributed by atoms with Gasteiger partial charge in [-0.15, -0.1) is 0 Å². The van der Waals surface area contributed by atoms with Gasteiger partial charge in [-0.2, -0.15) is 5.10 Å². The summed E-state index contributed by atoms with van der Waals surface area (Å²) in [4.78, 5) is 26.8. The molecule has 0 saturated heterocycles. The van der Waals surface area contributed by atoms with E-state index in [0.29, 0.717) is 17.9 Å². The zero-order valence-electron chi connectivity index (χ0n) is 13.1.